The van der Waals surface area contributed by atoms with E-state index in [1.165, 1.54) is 31.7 Å². The number of amides is 1. The van der Waals surface area contributed by atoms with Crippen LogP contribution in [0.15, 0.2) is 24.5 Å². The Balaban J connectivity index is 1.82. The molecule has 1 aromatic rings. The molecule has 0 atom stereocenters. The Kier molecular flexibility index (Phi) is 4.22. The molecule has 0 bridgehead atoms. The van der Waals surface area contributed by atoms with Gasteiger partial charge in [0.25, 0.3) is 5.91 Å². The monoisotopic (exact) mass is 261 g/mol. The number of rotatable bonds is 5. The van der Waals surface area contributed by atoms with Crippen molar-refractivity contribution in [3.8, 4) is 0 Å². The maximum absolute atomic E-state index is 11.7. The van der Waals surface area contributed by atoms with Crippen LogP contribution in [-0.4, -0.2) is 35.5 Å². The predicted molar refractivity (Wildman–Crippen MR) is 67.5 cm³/mol. The van der Waals surface area contributed by atoms with E-state index in [0.29, 0.717) is 11.5 Å². The van der Waals surface area contributed by atoms with Crippen molar-refractivity contribution in [1.82, 2.24) is 15.3 Å². The minimum Gasteiger partial charge on any atom is -0.466 e. The minimum atomic E-state index is -0.452. The fourth-order valence-corrected chi connectivity index (χ4v) is 1.48. The summed E-state index contributed by atoms with van der Waals surface area (Å²) >= 11 is 0. The van der Waals surface area contributed by atoms with E-state index in [0.717, 1.165) is 18.7 Å². The smallest absolute Gasteiger partial charge is 0.330 e. The number of nitrogens with zero attached hydrogens (tertiary/aromatic N) is 2. The molecular formula is C13H15N3O3. The van der Waals surface area contributed by atoms with Crippen molar-refractivity contribution >= 4 is 11.9 Å². The Bertz CT molecular complexity index is 492. The van der Waals surface area contributed by atoms with Crippen LogP contribution in [0.25, 0.3) is 0 Å². The number of nitrogens with one attached hydrogen (secondary N) is 1. The van der Waals surface area contributed by atoms with Gasteiger partial charge in [0.1, 0.15) is 5.82 Å². The Hall–Kier alpha value is -2.24. The van der Waals surface area contributed by atoms with Crippen molar-refractivity contribution in [3.05, 3.63) is 35.9 Å². The molecule has 1 heterocycles. The molecule has 100 valence electrons. The maximum atomic E-state index is 11.7. The zero-order valence-corrected chi connectivity index (χ0v) is 10.6. The van der Waals surface area contributed by atoms with Crippen LogP contribution in [0, 0.1) is 0 Å². The lowest BCUT2D eigenvalue weighted by atomic mass is 10.3. The van der Waals surface area contributed by atoms with Crippen molar-refractivity contribution in [3.63, 3.8) is 0 Å². The Morgan fingerprint density at radius 1 is 1.42 bits per heavy atom. The number of methoxy groups -OCH3 is 1. The van der Waals surface area contributed by atoms with Crippen molar-refractivity contribution in [2.45, 2.75) is 18.8 Å². The molecule has 19 heavy (non-hydrogen) atoms. The first-order valence-corrected chi connectivity index (χ1v) is 6.05. The highest BCUT2D eigenvalue weighted by atomic mass is 16.5. The molecule has 2 rings (SSSR count). The van der Waals surface area contributed by atoms with Crippen molar-refractivity contribution in [2.75, 3.05) is 13.7 Å². The van der Waals surface area contributed by atoms with E-state index in [2.05, 4.69) is 20.0 Å². The van der Waals surface area contributed by atoms with Crippen molar-refractivity contribution in [2.24, 2.45) is 0 Å². The zero-order valence-electron chi connectivity index (χ0n) is 10.6. The largest absolute Gasteiger partial charge is 0.466 e. The molecule has 1 amide bonds. The molecule has 0 radical (unpaired) electrons. The Morgan fingerprint density at radius 2 is 2.11 bits per heavy atom. The van der Waals surface area contributed by atoms with Crippen LogP contribution in [0.3, 0.4) is 0 Å². The molecule has 0 aliphatic heterocycles. The first-order valence-electron chi connectivity index (χ1n) is 6.05. The second-order valence-corrected chi connectivity index (χ2v) is 4.24. The van der Waals surface area contributed by atoms with Crippen LogP contribution in [-0.2, 0) is 9.53 Å². The molecule has 1 saturated carbocycles. The molecule has 0 aromatic carbocycles. The molecule has 6 nitrogen and oxygen atoms in total. The van der Waals surface area contributed by atoms with Crippen LogP contribution in [0.5, 0.6) is 0 Å². The minimum absolute atomic E-state index is 0.248. The normalized spacial score (nSPS) is 14.4. The SMILES string of the molecule is COC(=O)/C=C/CNC(=O)c1cnc(C2CC2)nc1. The summed E-state index contributed by atoms with van der Waals surface area (Å²) in [7, 11) is 1.30. The number of ether oxygens (including phenoxy) is 1. The van der Waals surface area contributed by atoms with Gasteiger partial charge >= 0.3 is 5.97 Å². The topological polar surface area (TPSA) is 81.2 Å². The van der Waals surface area contributed by atoms with E-state index in [9.17, 15) is 9.59 Å². The molecule has 1 aliphatic carbocycles. The van der Waals surface area contributed by atoms with Crippen LogP contribution < -0.4 is 5.32 Å². The molecule has 6 heteroatoms. The van der Waals surface area contributed by atoms with Crippen LogP contribution in [0.2, 0.25) is 0 Å². The van der Waals surface area contributed by atoms with Gasteiger partial charge in [-0.25, -0.2) is 14.8 Å². The first kappa shape index (κ1) is 13.2. The quantitative estimate of drug-likeness (QED) is 0.626. The van der Waals surface area contributed by atoms with E-state index < -0.39 is 5.97 Å². The molecular weight excluding hydrogens is 246 g/mol. The van der Waals surface area contributed by atoms with Gasteiger partial charge in [0.05, 0.1) is 12.7 Å². The summed E-state index contributed by atoms with van der Waals surface area (Å²) in [5, 5.41) is 2.63. The molecule has 1 N–H and O–H groups in total. The third-order valence-corrected chi connectivity index (χ3v) is 2.71. The lowest BCUT2D eigenvalue weighted by Gasteiger charge is -2.02. The van der Waals surface area contributed by atoms with Gasteiger partial charge < -0.3 is 10.1 Å². The standard InChI is InChI=1S/C13H15N3O3/c1-19-11(17)3-2-6-14-13(18)10-7-15-12(16-8-10)9-4-5-9/h2-3,7-9H,4-6H2,1H3,(H,14,18)/b3-2+. The maximum Gasteiger partial charge on any atom is 0.330 e. The number of hydrogen-bond acceptors (Lipinski definition) is 5. The van der Waals surface area contributed by atoms with Gasteiger partial charge in [-0.05, 0) is 12.8 Å². The van der Waals surface area contributed by atoms with E-state index in [4.69, 9.17) is 0 Å². The highest BCUT2D eigenvalue weighted by Gasteiger charge is 2.26. The fourth-order valence-electron chi connectivity index (χ4n) is 1.48. The molecule has 0 unspecified atom stereocenters. The van der Waals surface area contributed by atoms with Crippen LogP contribution >= 0.6 is 0 Å². The summed E-state index contributed by atoms with van der Waals surface area (Å²) in [5.41, 5.74) is 0.413. The molecule has 1 fully saturated rings. The lowest BCUT2D eigenvalue weighted by Crippen LogP contribution is -2.24. The third-order valence-electron chi connectivity index (χ3n) is 2.71. The number of carbonyl (C=O) groups is 2. The summed E-state index contributed by atoms with van der Waals surface area (Å²) in [5.74, 6) is 0.561. The fraction of sp³-hybridized carbons (Fsp3) is 0.385. The van der Waals surface area contributed by atoms with E-state index >= 15 is 0 Å². The van der Waals surface area contributed by atoms with Gasteiger partial charge in [0, 0.05) is 30.9 Å². The summed E-state index contributed by atoms with van der Waals surface area (Å²) < 4.78 is 4.42. The van der Waals surface area contributed by atoms with Crippen LogP contribution in [0.4, 0.5) is 0 Å². The van der Waals surface area contributed by atoms with Gasteiger partial charge in [-0.3, -0.25) is 4.79 Å². The van der Waals surface area contributed by atoms with Crippen LogP contribution in [0.1, 0.15) is 34.9 Å². The van der Waals surface area contributed by atoms with Crippen molar-refractivity contribution in [1.29, 1.82) is 0 Å². The van der Waals surface area contributed by atoms with E-state index in [1.807, 2.05) is 0 Å². The highest BCUT2D eigenvalue weighted by Crippen LogP contribution is 2.37. The van der Waals surface area contributed by atoms with Gasteiger partial charge in [-0.15, -0.1) is 0 Å². The number of hydrogen-bond donors (Lipinski definition) is 1. The Morgan fingerprint density at radius 3 is 2.68 bits per heavy atom. The van der Waals surface area contributed by atoms with Crippen molar-refractivity contribution < 1.29 is 14.3 Å². The highest BCUT2D eigenvalue weighted by molar-refractivity contribution is 5.93. The van der Waals surface area contributed by atoms with E-state index in [1.54, 1.807) is 0 Å². The molecule has 1 aliphatic rings. The first-order chi connectivity index (χ1) is 9.20. The lowest BCUT2D eigenvalue weighted by molar-refractivity contribution is -0.134. The van der Waals surface area contributed by atoms with Gasteiger partial charge in [-0.2, -0.15) is 0 Å². The number of aromatic nitrogens is 2. The third kappa shape index (κ3) is 3.87. The average molecular weight is 261 g/mol. The predicted octanol–water partition coefficient (Wildman–Crippen LogP) is 0.813. The van der Waals surface area contributed by atoms with Gasteiger partial charge in [-0.1, -0.05) is 6.08 Å². The zero-order chi connectivity index (χ0) is 13.7. The second kappa shape index (κ2) is 6.08. The molecule has 0 spiro atoms. The summed E-state index contributed by atoms with van der Waals surface area (Å²) in [6, 6.07) is 0. The summed E-state index contributed by atoms with van der Waals surface area (Å²) in [6.07, 6.45) is 8.09. The number of carbonyl (C=O) groups excluding carboxylic acids is 2. The Labute approximate surface area is 110 Å². The summed E-state index contributed by atoms with van der Waals surface area (Å²) in [4.78, 5) is 30.8. The summed E-state index contributed by atoms with van der Waals surface area (Å²) in [6.45, 7) is 0.248. The second-order valence-electron chi connectivity index (χ2n) is 4.24. The number of esters is 1. The van der Waals surface area contributed by atoms with Gasteiger partial charge in [0.2, 0.25) is 0 Å². The average Bonchev–Trinajstić information content (AvgIpc) is 3.27. The van der Waals surface area contributed by atoms with Gasteiger partial charge in [0.15, 0.2) is 0 Å². The van der Waals surface area contributed by atoms with E-state index in [-0.39, 0.29) is 12.5 Å². The molecule has 0 saturated heterocycles. The molecule has 1 aromatic heterocycles.